The first-order chi connectivity index (χ1) is 11.0. The second-order valence-electron chi connectivity index (χ2n) is 4.76. The van der Waals surface area contributed by atoms with Gasteiger partial charge in [0.25, 0.3) is 5.91 Å². The lowest BCUT2D eigenvalue weighted by atomic mass is 10.1. The highest BCUT2D eigenvalue weighted by molar-refractivity contribution is 6.04. The molecule has 0 heterocycles. The SMILES string of the molecule is O=C(Nc1cc(C(F)(F)F)cc(C(F)(F)F)c1)c1cccc(F)c1. The molecule has 0 bridgehead atoms. The third-order valence-electron chi connectivity index (χ3n) is 2.93. The van der Waals surface area contributed by atoms with Crippen LogP contribution >= 0.6 is 0 Å². The van der Waals surface area contributed by atoms with Gasteiger partial charge in [-0.25, -0.2) is 4.39 Å². The van der Waals surface area contributed by atoms with Crippen molar-refractivity contribution < 1.29 is 35.5 Å². The van der Waals surface area contributed by atoms with Crippen molar-refractivity contribution in [2.75, 3.05) is 5.32 Å². The average molecular weight is 351 g/mol. The van der Waals surface area contributed by atoms with Gasteiger partial charge in [-0.2, -0.15) is 26.3 Å². The lowest BCUT2D eigenvalue weighted by Gasteiger charge is -2.14. The topological polar surface area (TPSA) is 29.1 Å². The van der Waals surface area contributed by atoms with Gasteiger partial charge in [0.2, 0.25) is 0 Å². The summed E-state index contributed by atoms with van der Waals surface area (Å²) in [6, 6.07) is 4.85. The molecule has 0 aromatic heterocycles. The molecule has 1 amide bonds. The summed E-state index contributed by atoms with van der Waals surface area (Å²) >= 11 is 0. The smallest absolute Gasteiger partial charge is 0.322 e. The van der Waals surface area contributed by atoms with Gasteiger partial charge in [-0.15, -0.1) is 0 Å². The second kappa shape index (κ2) is 6.14. The van der Waals surface area contributed by atoms with E-state index in [0.717, 1.165) is 18.2 Å². The van der Waals surface area contributed by atoms with Crippen molar-refractivity contribution in [2.24, 2.45) is 0 Å². The van der Waals surface area contributed by atoms with E-state index in [9.17, 15) is 35.5 Å². The number of amides is 1. The number of hydrogen-bond donors (Lipinski definition) is 1. The number of anilines is 1. The Kier molecular flexibility index (Phi) is 4.54. The molecule has 128 valence electrons. The molecule has 0 atom stereocenters. The van der Waals surface area contributed by atoms with Crippen molar-refractivity contribution in [3.05, 3.63) is 65.0 Å². The molecule has 2 aromatic rings. The van der Waals surface area contributed by atoms with Gasteiger partial charge < -0.3 is 5.32 Å². The van der Waals surface area contributed by atoms with Crippen LogP contribution in [-0.4, -0.2) is 5.91 Å². The van der Waals surface area contributed by atoms with Gasteiger partial charge in [-0.3, -0.25) is 4.79 Å². The minimum atomic E-state index is -5.03. The third-order valence-corrected chi connectivity index (χ3v) is 2.93. The van der Waals surface area contributed by atoms with Crippen LogP contribution in [0.3, 0.4) is 0 Å². The molecule has 0 radical (unpaired) electrons. The molecule has 0 saturated carbocycles. The van der Waals surface area contributed by atoms with Crippen LogP contribution in [0.15, 0.2) is 42.5 Å². The Hall–Kier alpha value is -2.58. The maximum absolute atomic E-state index is 13.0. The molecule has 0 aliphatic carbocycles. The monoisotopic (exact) mass is 351 g/mol. The maximum Gasteiger partial charge on any atom is 0.416 e. The van der Waals surface area contributed by atoms with Crippen molar-refractivity contribution in [3.63, 3.8) is 0 Å². The molecule has 1 N–H and O–H groups in total. The molecule has 24 heavy (non-hydrogen) atoms. The van der Waals surface area contributed by atoms with Gasteiger partial charge >= 0.3 is 12.4 Å². The predicted molar refractivity (Wildman–Crippen MR) is 70.8 cm³/mol. The van der Waals surface area contributed by atoms with E-state index in [1.54, 1.807) is 0 Å². The van der Waals surface area contributed by atoms with E-state index >= 15 is 0 Å². The summed E-state index contributed by atoms with van der Waals surface area (Å²) in [6.45, 7) is 0. The van der Waals surface area contributed by atoms with E-state index in [1.165, 1.54) is 6.07 Å². The number of benzene rings is 2. The molecule has 0 aliphatic rings. The number of carbonyl (C=O) groups excluding carboxylic acids is 1. The largest absolute Gasteiger partial charge is 0.416 e. The highest BCUT2D eigenvalue weighted by Gasteiger charge is 2.37. The minimum absolute atomic E-state index is 0.0577. The van der Waals surface area contributed by atoms with Crippen molar-refractivity contribution in [3.8, 4) is 0 Å². The summed E-state index contributed by atoms with van der Waals surface area (Å²) in [4.78, 5) is 11.8. The third kappa shape index (κ3) is 4.24. The van der Waals surface area contributed by atoms with Crippen LogP contribution in [0, 0.1) is 5.82 Å². The van der Waals surface area contributed by atoms with Gasteiger partial charge in [-0.1, -0.05) is 6.07 Å². The van der Waals surface area contributed by atoms with Crippen LogP contribution in [0.25, 0.3) is 0 Å². The van der Waals surface area contributed by atoms with Gasteiger partial charge in [0, 0.05) is 11.3 Å². The Morgan fingerprint density at radius 1 is 0.833 bits per heavy atom. The molecule has 0 spiro atoms. The first-order valence-electron chi connectivity index (χ1n) is 6.33. The molecular formula is C15H8F7NO. The highest BCUT2D eigenvalue weighted by atomic mass is 19.4. The Bertz CT molecular complexity index is 733. The van der Waals surface area contributed by atoms with Crippen molar-refractivity contribution in [2.45, 2.75) is 12.4 Å². The number of alkyl halides is 6. The number of carbonyl (C=O) groups is 1. The fourth-order valence-corrected chi connectivity index (χ4v) is 1.86. The maximum atomic E-state index is 13.0. The van der Waals surface area contributed by atoms with E-state index in [2.05, 4.69) is 0 Å². The molecule has 0 fully saturated rings. The fourth-order valence-electron chi connectivity index (χ4n) is 1.86. The minimum Gasteiger partial charge on any atom is -0.322 e. The van der Waals surface area contributed by atoms with Crippen molar-refractivity contribution in [1.29, 1.82) is 0 Å². The van der Waals surface area contributed by atoms with Gasteiger partial charge in [0.1, 0.15) is 5.82 Å². The molecule has 2 rings (SSSR count). The first-order valence-corrected chi connectivity index (χ1v) is 6.33. The van der Waals surface area contributed by atoms with E-state index < -0.39 is 40.9 Å². The molecule has 0 aliphatic heterocycles. The van der Waals surface area contributed by atoms with Crippen LogP contribution in [-0.2, 0) is 12.4 Å². The summed E-state index contributed by atoms with van der Waals surface area (Å²) in [5, 5.41) is 1.90. The lowest BCUT2D eigenvalue weighted by Crippen LogP contribution is -2.16. The van der Waals surface area contributed by atoms with E-state index in [0.29, 0.717) is 12.1 Å². The van der Waals surface area contributed by atoms with E-state index in [-0.39, 0.29) is 11.6 Å². The van der Waals surface area contributed by atoms with Gasteiger partial charge in [0.15, 0.2) is 0 Å². The van der Waals surface area contributed by atoms with E-state index in [1.807, 2.05) is 5.32 Å². The zero-order valence-corrected chi connectivity index (χ0v) is 11.6. The quantitative estimate of drug-likeness (QED) is 0.748. The summed E-state index contributed by atoms with van der Waals surface area (Å²) in [6.07, 6.45) is -10.1. The molecule has 0 saturated heterocycles. The van der Waals surface area contributed by atoms with Crippen LogP contribution < -0.4 is 5.32 Å². The second-order valence-corrected chi connectivity index (χ2v) is 4.76. The molecule has 0 unspecified atom stereocenters. The fraction of sp³-hybridized carbons (Fsp3) is 0.133. The van der Waals surface area contributed by atoms with Gasteiger partial charge in [0.05, 0.1) is 11.1 Å². The average Bonchev–Trinajstić information content (AvgIpc) is 2.45. The molecular weight excluding hydrogens is 343 g/mol. The van der Waals surface area contributed by atoms with Crippen molar-refractivity contribution >= 4 is 11.6 Å². The summed E-state index contributed by atoms with van der Waals surface area (Å²) < 4.78 is 89.3. The zero-order valence-electron chi connectivity index (χ0n) is 11.6. The number of hydrogen-bond acceptors (Lipinski definition) is 1. The Morgan fingerprint density at radius 3 is 1.83 bits per heavy atom. The number of nitrogens with one attached hydrogen (secondary N) is 1. The standard InChI is InChI=1S/C15H8F7NO/c16-11-3-1-2-8(4-11)13(24)23-12-6-9(14(17,18)19)5-10(7-12)15(20,21)22/h1-7H,(H,23,24). The normalized spacial score (nSPS) is 12.1. The summed E-state index contributed by atoms with van der Waals surface area (Å²) in [5.74, 6) is -1.82. The Balaban J connectivity index is 2.40. The van der Waals surface area contributed by atoms with E-state index in [4.69, 9.17) is 0 Å². The van der Waals surface area contributed by atoms with Crippen LogP contribution in [0.2, 0.25) is 0 Å². The van der Waals surface area contributed by atoms with Crippen LogP contribution in [0.4, 0.5) is 36.4 Å². The molecule has 2 nitrogen and oxygen atoms in total. The first kappa shape index (κ1) is 17.8. The number of rotatable bonds is 2. The number of halogens is 7. The Morgan fingerprint density at radius 2 is 1.38 bits per heavy atom. The molecule has 9 heteroatoms. The van der Waals surface area contributed by atoms with Gasteiger partial charge in [-0.05, 0) is 36.4 Å². The summed E-state index contributed by atoms with van der Waals surface area (Å²) in [7, 11) is 0. The predicted octanol–water partition coefficient (Wildman–Crippen LogP) is 5.12. The Labute approximate surface area is 130 Å². The van der Waals surface area contributed by atoms with Crippen molar-refractivity contribution in [1.82, 2.24) is 0 Å². The zero-order chi connectivity index (χ0) is 18.1. The van der Waals surface area contributed by atoms with Crippen LogP contribution in [0.5, 0.6) is 0 Å². The lowest BCUT2D eigenvalue weighted by molar-refractivity contribution is -0.143. The molecule has 2 aromatic carbocycles. The highest BCUT2D eigenvalue weighted by Crippen LogP contribution is 2.37. The summed E-state index contributed by atoms with van der Waals surface area (Å²) in [5.41, 5.74) is -4.08. The van der Waals surface area contributed by atoms with Crippen LogP contribution in [0.1, 0.15) is 21.5 Å².